The molecule has 7 rings (SSSR count). The van der Waals surface area contributed by atoms with Crippen LogP contribution < -0.4 is 5.32 Å². The zero-order valence-electron chi connectivity index (χ0n) is 22.8. The van der Waals surface area contributed by atoms with Crippen molar-refractivity contribution < 1.29 is 4.42 Å². The van der Waals surface area contributed by atoms with Gasteiger partial charge in [-0.2, -0.15) is 0 Å². The third kappa shape index (κ3) is 4.98. The van der Waals surface area contributed by atoms with Crippen molar-refractivity contribution in [3.05, 3.63) is 157 Å². The zero-order valence-corrected chi connectivity index (χ0v) is 22.8. The van der Waals surface area contributed by atoms with Crippen molar-refractivity contribution in [3.8, 4) is 22.3 Å². The molecule has 0 bridgehead atoms. The van der Waals surface area contributed by atoms with Gasteiger partial charge in [0.25, 0.3) is 0 Å². The molecule has 1 aromatic heterocycles. The molecule has 200 valence electrons. The molecule has 0 unspecified atom stereocenters. The molecule has 0 aliphatic rings. The van der Waals surface area contributed by atoms with Crippen LogP contribution in [0.15, 0.2) is 155 Å². The summed E-state index contributed by atoms with van der Waals surface area (Å²) in [5.74, 6) is 0.208. The van der Waals surface area contributed by atoms with E-state index in [1.165, 1.54) is 0 Å². The molecule has 6 aromatic carbocycles. The van der Waals surface area contributed by atoms with Gasteiger partial charge in [-0.15, -0.1) is 0 Å². The fourth-order valence-electron chi connectivity index (χ4n) is 5.30. The maximum atomic E-state index is 8.53. The van der Waals surface area contributed by atoms with Crippen molar-refractivity contribution in [2.24, 2.45) is 4.99 Å². The lowest BCUT2D eigenvalue weighted by Gasteiger charge is -2.15. The Bertz CT molecular complexity index is 2080. The van der Waals surface area contributed by atoms with E-state index in [9.17, 15) is 0 Å². The number of fused-ring (bicyclic) bond motifs is 3. The molecular weight excluding hydrogens is 514 g/mol. The Morgan fingerprint density at radius 2 is 1.36 bits per heavy atom. The Morgan fingerprint density at radius 1 is 0.619 bits per heavy atom. The lowest BCUT2D eigenvalue weighted by atomic mass is 9.96. The minimum absolute atomic E-state index is 0.208. The average Bonchev–Trinajstić information content (AvgIpc) is 3.44. The summed E-state index contributed by atoms with van der Waals surface area (Å²) < 4.78 is 6.35. The van der Waals surface area contributed by atoms with Crippen LogP contribution in [0.2, 0.25) is 0 Å². The van der Waals surface area contributed by atoms with Crippen LogP contribution in [-0.4, -0.2) is 12.1 Å². The smallest absolute Gasteiger partial charge is 0.151 e. The third-order valence-corrected chi connectivity index (χ3v) is 7.38. The number of hydrogen-bond donors (Lipinski definition) is 2. The zero-order chi connectivity index (χ0) is 28.3. The fraction of sp³-hybridized carbons (Fsp3) is 0. The minimum atomic E-state index is 0.208. The van der Waals surface area contributed by atoms with Crippen LogP contribution >= 0.6 is 0 Å². The SMILES string of the molecule is N=C(N=Cc1ccccc1)c1cccc(Nc2ccc(-c3cccc4c3oc3ccccc34)cc2-c2ccccc2)c1. The molecule has 0 atom stereocenters. The van der Waals surface area contributed by atoms with Crippen molar-refractivity contribution in [3.63, 3.8) is 0 Å². The molecule has 7 aromatic rings. The van der Waals surface area contributed by atoms with Crippen LogP contribution in [-0.2, 0) is 0 Å². The Morgan fingerprint density at radius 3 is 2.21 bits per heavy atom. The number of nitrogens with one attached hydrogen (secondary N) is 2. The second kappa shape index (κ2) is 11.0. The summed E-state index contributed by atoms with van der Waals surface area (Å²) >= 11 is 0. The van der Waals surface area contributed by atoms with E-state index >= 15 is 0 Å². The Hall–Kier alpha value is -5.74. The summed E-state index contributed by atoms with van der Waals surface area (Å²) in [6.45, 7) is 0. The van der Waals surface area contributed by atoms with Gasteiger partial charge in [0.15, 0.2) is 5.84 Å². The molecule has 1 heterocycles. The van der Waals surface area contributed by atoms with Gasteiger partial charge >= 0.3 is 0 Å². The first kappa shape index (κ1) is 25.2. The highest BCUT2D eigenvalue weighted by molar-refractivity contribution is 6.10. The van der Waals surface area contributed by atoms with Gasteiger partial charge in [0.2, 0.25) is 0 Å². The third-order valence-electron chi connectivity index (χ3n) is 7.38. The second-order valence-electron chi connectivity index (χ2n) is 10.1. The van der Waals surface area contributed by atoms with E-state index in [1.807, 2.05) is 78.9 Å². The molecular formula is C38H27N3O. The molecule has 4 heteroatoms. The maximum absolute atomic E-state index is 8.53. The van der Waals surface area contributed by atoms with Crippen LogP contribution in [0.1, 0.15) is 11.1 Å². The lowest BCUT2D eigenvalue weighted by molar-refractivity contribution is 0.670. The van der Waals surface area contributed by atoms with Crippen molar-refractivity contribution in [1.82, 2.24) is 0 Å². The average molecular weight is 542 g/mol. The van der Waals surface area contributed by atoms with Crippen molar-refractivity contribution in [1.29, 1.82) is 5.41 Å². The molecule has 42 heavy (non-hydrogen) atoms. The Kier molecular flexibility index (Phi) is 6.63. The number of anilines is 2. The highest BCUT2D eigenvalue weighted by atomic mass is 16.3. The lowest BCUT2D eigenvalue weighted by Crippen LogP contribution is -1.99. The maximum Gasteiger partial charge on any atom is 0.151 e. The van der Waals surface area contributed by atoms with Crippen LogP contribution in [0, 0.1) is 5.41 Å². The number of rotatable bonds is 6. The predicted octanol–water partition coefficient (Wildman–Crippen LogP) is 10.1. The highest BCUT2D eigenvalue weighted by Crippen LogP contribution is 2.39. The number of para-hydroxylation sites is 2. The molecule has 0 aliphatic heterocycles. The van der Waals surface area contributed by atoms with Crippen molar-refractivity contribution >= 4 is 45.4 Å². The van der Waals surface area contributed by atoms with Gasteiger partial charge in [0.05, 0.1) is 0 Å². The number of aliphatic imine (C=N–C) groups is 1. The molecule has 2 N–H and O–H groups in total. The number of nitrogens with zero attached hydrogens (tertiary/aromatic N) is 1. The van der Waals surface area contributed by atoms with E-state index < -0.39 is 0 Å². The summed E-state index contributed by atoms with van der Waals surface area (Å²) in [4.78, 5) is 4.39. The molecule has 0 aliphatic carbocycles. The van der Waals surface area contributed by atoms with Gasteiger partial charge in [-0.05, 0) is 47.0 Å². The summed E-state index contributed by atoms with van der Waals surface area (Å²) in [5.41, 5.74) is 9.65. The van der Waals surface area contributed by atoms with Crippen LogP contribution in [0.4, 0.5) is 11.4 Å². The van der Waals surface area contributed by atoms with Gasteiger partial charge in [-0.25, -0.2) is 4.99 Å². The fourth-order valence-corrected chi connectivity index (χ4v) is 5.30. The first-order chi connectivity index (χ1) is 20.7. The number of furan rings is 1. The molecule has 0 saturated heterocycles. The van der Waals surface area contributed by atoms with Crippen LogP contribution in [0.25, 0.3) is 44.2 Å². The molecule has 0 spiro atoms. The molecule has 0 saturated carbocycles. The van der Waals surface area contributed by atoms with E-state index in [0.717, 1.165) is 66.7 Å². The molecule has 4 nitrogen and oxygen atoms in total. The molecule has 0 amide bonds. The van der Waals surface area contributed by atoms with E-state index in [-0.39, 0.29) is 5.84 Å². The number of hydrogen-bond acceptors (Lipinski definition) is 3. The molecule has 0 radical (unpaired) electrons. The first-order valence-electron chi connectivity index (χ1n) is 13.9. The minimum Gasteiger partial charge on any atom is -0.455 e. The normalized spacial score (nSPS) is 11.3. The summed E-state index contributed by atoms with van der Waals surface area (Å²) in [6, 6.07) is 49.0. The Labute approximate surface area is 244 Å². The van der Waals surface area contributed by atoms with E-state index in [1.54, 1.807) is 6.21 Å². The first-order valence-corrected chi connectivity index (χ1v) is 13.9. The monoisotopic (exact) mass is 541 g/mol. The summed E-state index contributed by atoms with van der Waals surface area (Å²) in [5, 5.41) is 14.4. The van der Waals surface area contributed by atoms with Gasteiger partial charge in [-0.1, -0.05) is 115 Å². The second-order valence-corrected chi connectivity index (χ2v) is 10.1. The van der Waals surface area contributed by atoms with Crippen LogP contribution in [0.5, 0.6) is 0 Å². The van der Waals surface area contributed by atoms with Crippen molar-refractivity contribution in [2.75, 3.05) is 5.32 Å². The van der Waals surface area contributed by atoms with E-state index in [2.05, 4.69) is 77.0 Å². The highest BCUT2D eigenvalue weighted by Gasteiger charge is 2.14. The van der Waals surface area contributed by atoms with Gasteiger partial charge < -0.3 is 9.73 Å². The van der Waals surface area contributed by atoms with Crippen molar-refractivity contribution in [2.45, 2.75) is 0 Å². The van der Waals surface area contributed by atoms with Crippen LogP contribution in [0.3, 0.4) is 0 Å². The summed E-state index contributed by atoms with van der Waals surface area (Å²) in [7, 11) is 0. The standard InChI is InChI=1S/C38H27N3O/c39-38(40-25-26-11-3-1-4-12-26)29-15-9-16-30(23-29)41-35-22-21-28(24-34(35)27-13-5-2-6-14-27)31-18-10-19-33-32-17-7-8-20-36(32)42-37(31)33/h1-25,39,41H. The molecule has 0 fully saturated rings. The number of amidine groups is 1. The van der Waals surface area contributed by atoms with E-state index in [0.29, 0.717) is 0 Å². The topological polar surface area (TPSA) is 61.4 Å². The van der Waals surface area contributed by atoms with Gasteiger partial charge in [0.1, 0.15) is 11.2 Å². The largest absolute Gasteiger partial charge is 0.455 e. The van der Waals surface area contributed by atoms with Gasteiger partial charge in [0, 0.05) is 45.1 Å². The predicted molar refractivity (Wildman–Crippen MR) is 175 cm³/mol. The number of benzene rings is 6. The Balaban J connectivity index is 1.25. The summed E-state index contributed by atoms with van der Waals surface area (Å²) in [6.07, 6.45) is 1.72. The quantitative estimate of drug-likeness (QED) is 0.162. The van der Waals surface area contributed by atoms with E-state index in [4.69, 9.17) is 9.83 Å². The van der Waals surface area contributed by atoms with Gasteiger partial charge in [-0.3, -0.25) is 5.41 Å².